The largest absolute Gasteiger partial charge is 0.322 e. The molecule has 0 atom stereocenters. The number of thiazole rings is 5. The van der Waals surface area contributed by atoms with Crippen LogP contribution in [0.3, 0.4) is 0 Å². The van der Waals surface area contributed by atoms with Crippen molar-refractivity contribution >= 4 is 108 Å². The van der Waals surface area contributed by atoms with Crippen molar-refractivity contribution in [2.75, 3.05) is 0 Å². The number of aryl methyl sites for hydroxylation is 12. The molecule has 5 radical (unpaired) electrons. The summed E-state index contributed by atoms with van der Waals surface area (Å²) in [5.41, 5.74) is 32.9. The summed E-state index contributed by atoms with van der Waals surface area (Å²) in [6.07, 6.45) is 8.90. The Hall–Kier alpha value is -11.7. The molecule has 30 heteroatoms. The molecule has 0 N–H and O–H groups in total. The molecule has 23 rings (SSSR count). The average molecular weight is 2830 g/mol. The van der Waals surface area contributed by atoms with Gasteiger partial charge in [-0.05, 0) is 225 Å². The summed E-state index contributed by atoms with van der Waals surface area (Å²) in [6, 6.07) is 96.3. The van der Waals surface area contributed by atoms with Gasteiger partial charge in [-0.2, -0.15) is 82.2 Å². The van der Waals surface area contributed by atoms with Crippen molar-refractivity contribution in [1.82, 2.24) is 98.7 Å². The van der Waals surface area contributed by atoms with E-state index in [1.165, 1.54) is 66.9 Å². The van der Waals surface area contributed by atoms with E-state index in [1.54, 1.807) is 82.0 Å². The zero-order valence-corrected chi connectivity index (χ0v) is 95.7. The second kappa shape index (κ2) is 46.1. The molecule has 0 aliphatic rings. The van der Waals surface area contributed by atoms with Crippen LogP contribution in [0.25, 0.3) is 170 Å². The summed E-state index contributed by atoms with van der Waals surface area (Å²) < 4.78 is 16.0. The van der Waals surface area contributed by atoms with Crippen LogP contribution in [-0.2, 0) is 101 Å². The number of rotatable bonds is 15. The quantitative estimate of drug-likeness (QED) is 0.0872. The fraction of sp³-hybridized carbons (Fsp3) is 0.162. The third-order valence-corrected chi connectivity index (χ3v) is 28.2. The van der Waals surface area contributed by atoms with Crippen molar-refractivity contribution in [2.24, 2.45) is 0 Å². The number of hydrogen-bond acceptors (Lipinski definition) is 20. The van der Waals surface area contributed by atoms with Crippen molar-refractivity contribution in [2.45, 2.75) is 123 Å². The maximum atomic E-state index is 4.66. The van der Waals surface area contributed by atoms with E-state index in [0.717, 1.165) is 178 Å². The van der Waals surface area contributed by atoms with E-state index in [9.17, 15) is 0 Å². The zero-order chi connectivity index (χ0) is 94.1. The minimum Gasteiger partial charge on any atom is -0.322 e. The van der Waals surface area contributed by atoms with Gasteiger partial charge in [-0.3, -0.25) is 24.9 Å². The summed E-state index contributed by atoms with van der Waals surface area (Å²) in [5, 5.41) is 48.3. The van der Waals surface area contributed by atoms with Crippen LogP contribution in [0.15, 0.2) is 262 Å². The third-order valence-electron chi connectivity index (χ3n) is 23.5. The smallest absolute Gasteiger partial charge is 0.115 e. The van der Waals surface area contributed by atoms with Gasteiger partial charge in [0.05, 0.1) is 59.8 Å². The Balaban J connectivity index is 0.000000140. The molecule has 13 aromatic carbocycles. The van der Waals surface area contributed by atoms with E-state index in [2.05, 4.69) is 354 Å². The SMILES string of the molecule is Cc1cc(C)c(-n2cnnc2-c2[c-]cc3sc(C)nc3c2)c(C)c1.Cc1nc2cc(-c3nncn3-c3c(-c4ccccc4)cccc3-c3ccccc3)[c-]cc2s1.Cc1nc2cc(-c3nncn3-c3c(C(C)C)cccc3C(C)C)[c-]cc2s1.Cc1nc2cc(-c3nncn3-c3c(C)cc(-c4ccccc4)cc3C)[c-]cc2s1.Cc1nc2cc(-c3nncn3-c3c(C)cccc3C)[c-]cc2s1.[Ir].[Ir].[Ir].[Ir].[Ir]. The molecule has 0 saturated carbocycles. The van der Waals surface area contributed by atoms with Crippen LogP contribution in [0.5, 0.6) is 0 Å². The van der Waals surface area contributed by atoms with Crippen LogP contribution in [0, 0.1) is 113 Å². The van der Waals surface area contributed by atoms with Gasteiger partial charge < -0.3 is 22.8 Å². The molecule has 0 fully saturated rings. The van der Waals surface area contributed by atoms with Gasteiger partial charge in [-0.1, -0.05) is 191 Å². The Labute approximate surface area is 906 Å². The van der Waals surface area contributed by atoms with E-state index in [0.29, 0.717) is 11.8 Å². The minimum absolute atomic E-state index is 0. The zero-order valence-electron chi connectivity index (χ0n) is 79.6. The Morgan fingerprint density at radius 3 is 0.780 bits per heavy atom. The van der Waals surface area contributed by atoms with Gasteiger partial charge in [0.1, 0.15) is 31.6 Å². The van der Waals surface area contributed by atoms with Crippen LogP contribution >= 0.6 is 56.7 Å². The van der Waals surface area contributed by atoms with Crippen LogP contribution in [0.4, 0.5) is 0 Å². The Morgan fingerprint density at radius 1 is 0.241 bits per heavy atom. The van der Waals surface area contributed by atoms with Crippen molar-refractivity contribution in [3.63, 3.8) is 0 Å². The van der Waals surface area contributed by atoms with E-state index in [1.807, 2.05) is 123 Å². The van der Waals surface area contributed by atoms with Crippen LogP contribution in [0.2, 0.25) is 0 Å². The normalized spacial score (nSPS) is 11.0. The monoisotopic (exact) mass is 2830 g/mol. The predicted molar refractivity (Wildman–Crippen MR) is 555 cm³/mol. The second-order valence-corrected chi connectivity index (χ2v) is 40.3. The van der Waals surface area contributed by atoms with Gasteiger partial charge in [0.25, 0.3) is 0 Å². The molecule has 0 saturated heterocycles. The first kappa shape index (κ1) is 105. The molecule has 0 amide bonds. The number of hydrogen-bond donors (Lipinski definition) is 0. The van der Waals surface area contributed by atoms with Crippen LogP contribution in [0.1, 0.15) is 115 Å². The number of benzene rings is 13. The summed E-state index contributed by atoms with van der Waals surface area (Å²) in [7, 11) is 0. The van der Waals surface area contributed by atoms with Crippen molar-refractivity contribution < 1.29 is 101 Å². The third kappa shape index (κ3) is 22.5. The Morgan fingerprint density at radius 2 is 0.489 bits per heavy atom. The summed E-state index contributed by atoms with van der Waals surface area (Å²) in [6.45, 7) is 33.8. The second-order valence-electron chi connectivity index (χ2n) is 34.1. The van der Waals surface area contributed by atoms with Crippen LogP contribution < -0.4 is 0 Å². The van der Waals surface area contributed by atoms with Gasteiger partial charge >= 0.3 is 0 Å². The molecular formula is C111H93Ir5N20S5-5. The molecule has 10 heterocycles. The Kier molecular flexibility index (Phi) is 34.4. The number of nitrogens with zero attached hydrogens (tertiary/aromatic N) is 20. The molecule has 10 aromatic heterocycles. The van der Waals surface area contributed by atoms with E-state index >= 15 is 0 Å². The standard InChI is InChI=1S/C28H19N4S.C24H19N4S.C22H23N4S.C19H17N4S.C18H15N4S.5Ir/c1-19-30-25-17-22(15-16-26(25)33-19)28-31-29-18-32(28)27-23(20-9-4-2-5-10-20)13-8-14-24(27)21-11-6-3-7-12-21;1-15-11-20(18-7-5-4-6-8-18)12-16(2)23(15)28-14-25-27-24(28)19-9-10-22-21(13-19)26-17(3)29-22;1-13(2)17-7-6-8-18(14(3)4)21(17)26-12-23-25-22(26)16-9-10-20-19(11-16)24-15(5)27-20;1-11-7-12(2)18(13(3)8-11)23-10-20-22-19(23)15-5-6-17-16(9-15)21-14(4)24-17;1-11-5-4-6-12(2)17(11)22-10-19-21-18(22)14-7-8-16-15(9-14)20-13(3)23-16;;;;;/h2-14,16-18H,1H3;4-8,10-14H,1-3H3;6-8,10-14H,1-5H3;6-10H,1-4H3;4-6,8-10H,1-3H3;;;;;/q5*-1;;;;;. The van der Waals surface area contributed by atoms with Gasteiger partial charge in [0.15, 0.2) is 0 Å². The molecule has 0 aliphatic carbocycles. The van der Waals surface area contributed by atoms with Crippen molar-refractivity contribution in [3.8, 4) is 119 Å². The molecular weight excluding hydrogens is 2730 g/mol. The Bertz CT molecular complexity index is 8180. The average Bonchev–Trinajstić information content (AvgIpc) is 1.66. The predicted octanol–water partition coefficient (Wildman–Crippen LogP) is 27.7. The molecule has 141 heavy (non-hydrogen) atoms. The number of aromatic nitrogens is 20. The first-order chi connectivity index (χ1) is 66.0. The first-order valence-electron chi connectivity index (χ1n) is 44.6. The van der Waals surface area contributed by atoms with E-state index < -0.39 is 0 Å². The van der Waals surface area contributed by atoms with E-state index in [4.69, 9.17) is 0 Å². The number of fused-ring (bicyclic) bond motifs is 5. The molecule has 0 bridgehead atoms. The topological polar surface area (TPSA) is 218 Å². The fourth-order valence-electron chi connectivity index (χ4n) is 17.7. The molecule has 0 spiro atoms. The number of para-hydroxylation sites is 3. The fourth-order valence-corrected chi connectivity index (χ4v) is 21.6. The van der Waals surface area contributed by atoms with E-state index in [-0.39, 0.29) is 101 Å². The molecule has 717 valence electrons. The minimum atomic E-state index is 0. The van der Waals surface area contributed by atoms with Gasteiger partial charge in [-0.15, -0.1) is 144 Å². The summed E-state index contributed by atoms with van der Waals surface area (Å²) >= 11 is 8.40. The molecule has 20 nitrogen and oxygen atoms in total. The van der Waals surface area contributed by atoms with Crippen molar-refractivity contribution in [1.29, 1.82) is 0 Å². The maximum absolute atomic E-state index is 4.66. The van der Waals surface area contributed by atoms with Gasteiger partial charge in [-0.25, -0.2) is 0 Å². The summed E-state index contributed by atoms with van der Waals surface area (Å²) in [5.74, 6) is 4.70. The first-order valence-corrected chi connectivity index (χ1v) is 48.7. The molecule has 23 aromatic rings. The van der Waals surface area contributed by atoms with Gasteiger partial charge in [0, 0.05) is 134 Å². The van der Waals surface area contributed by atoms with Crippen LogP contribution in [-0.4, -0.2) is 98.7 Å². The van der Waals surface area contributed by atoms with Gasteiger partial charge in [0.2, 0.25) is 0 Å². The summed E-state index contributed by atoms with van der Waals surface area (Å²) in [4.78, 5) is 23.0. The maximum Gasteiger partial charge on any atom is 0.115 e. The molecule has 0 aliphatic heterocycles. The molecule has 0 unspecified atom stereocenters. The van der Waals surface area contributed by atoms with Crippen molar-refractivity contribution in [3.05, 3.63) is 368 Å².